The summed E-state index contributed by atoms with van der Waals surface area (Å²) in [7, 11) is 0. The Labute approximate surface area is 118 Å². The van der Waals surface area contributed by atoms with E-state index in [4.69, 9.17) is 16.9 Å². The van der Waals surface area contributed by atoms with E-state index in [0.717, 1.165) is 9.26 Å². The summed E-state index contributed by atoms with van der Waals surface area (Å²) in [5.74, 6) is 0. The van der Waals surface area contributed by atoms with Crippen molar-refractivity contribution in [3.05, 3.63) is 50.8 Å². The Hall–Kier alpha value is -1.32. The molecule has 1 aromatic carbocycles. The largest absolute Gasteiger partial charge is 0.352 e. The van der Waals surface area contributed by atoms with Gasteiger partial charge in [-0.3, -0.25) is 4.98 Å². The number of aromatic nitrogens is 1. The predicted molar refractivity (Wildman–Crippen MR) is 76.4 cm³/mol. The Morgan fingerprint density at radius 1 is 1.29 bits per heavy atom. The third kappa shape index (κ3) is 2.87. The number of rotatable bonds is 2. The van der Waals surface area contributed by atoms with Crippen LogP contribution in [0.3, 0.4) is 0 Å². The van der Waals surface area contributed by atoms with Gasteiger partial charge >= 0.3 is 0 Å². The van der Waals surface area contributed by atoms with Gasteiger partial charge in [0.15, 0.2) is 0 Å². The monoisotopic (exact) mass is 355 g/mol. The smallest absolute Gasteiger partial charge is 0.101 e. The molecule has 2 aromatic rings. The molecule has 0 aliphatic rings. The highest BCUT2D eigenvalue weighted by molar-refractivity contribution is 14.1. The molecule has 0 fully saturated rings. The topological polar surface area (TPSA) is 48.7 Å². The van der Waals surface area contributed by atoms with E-state index in [1.165, 1.54) is 0 Å². The maximum Gasteiger partial charge on any atom is 0.101 e. The van der Waals surface area contributed by atoms with Crippen LogP contribution in [0.15, 0.2) is 36.7 Å². The Morgan fingerprint density at radius 3 is 2.82 bits per heavy atom. The van der Waals surface area contributed by atoms with Gasteiger partial charge in [0.05, 0.1) is 28.2 Å². The first-order valence-electron chi connectivity index (χ1n) is 4.77. The number of nitrogens with one attached hydrogen (secondary N) is 1. The summed E-state index contributed by atoms with van der Waals surface area (Å²) in [4.78, 5) is 3.98. The van der Waals surface area contributed by atoms with Gasteiger partial charge in [0.25, 0.3) is 0 Å². The average molecular weight is 356 g/mol. The highest BCUT2D eigenvalue weighted by Crippen LogP contribution is 2.27. The molecule has 1 aromatic heterocycles. The molecular formula is C12H7ClIN3. The third-order valence-electron chi connectivity index (χ3n) is 2.14. The van der Waals surface area contributed by atoms with E-state index in [9.17, 15) is 0 Å². The second-order valence-corrected chi connectivity index (χ2v) is 4.94. The molecule has 0 spiro atoms. The lowest BCUT2D eigenvalue weighted by Crippen LogP contribution is -1.95. The Bertz CT molecular complexity index is 593. The number of halogens is 2. The molecule has 0 saturated heterocycles. The summed E-state index contributed by atoms with van der Waals surface area (Å²) in [6.45, 7) is 0. The summed E-state index contributed by atoms with van der Waals surface area (Å²) in [6, 6.07) is 9.42. The minimum atomic E-state index is 0.537. The van der Waals surface area contributed by atoms with Gasteiger partial charge in [0.2, 0.25) is 0 Å². The normalized spacial score (nSPS) is 9.71. The number of hydrogen-bond donors (Lipinski definition) is 1. The number of anilines is 2. The molecular weight excluding hydrogens is 349 g/mol. The van der Waals surface area contributed by atoms with Gasteiger partial charge in [-0.1, -0.05) is 11.6 Å². The summed E-state index contributed by atoms with van der Waals surface area (Å²) in [5.41, 5.74) is 1.95. The quantitative estimate of drug-likeness (QED) is 0.830. The van der Waals surface area contributed by atoms with E-state index < -0.39 is 0 Å². The molecule has 0 unspecified atom stereocenters. The van der Waals surface area contributed by atoms with Gasteiger partial charge in [-0.15, -0.1) is 0 Å². The Balaban J connectivity index is 2.35. The Morgan fingerprint density at radius 2 is 2.12 bits per heavy atom. The number of pyridine rings is 1. The minimum Gasteiger partial charge on any atom is -0.352 e. The lowest BCUT2D eigenvalue weighted by molar-refractivity contribution is 1.30. The van der Waals surface area contributed by atoms with E-state index in [1.54, 1.807) is 18.5 Å². The second-order valence-electron chi connectivity index (χ2n) is 3.28. The average Bonchev–Trinajstić information content (AvgIpc) is 2.33. The molecule has 0 radical (unpaired) electrons. The van der Waals surface area contributed by atoms with Crippen molar-refractivity contribution in [3.63, 3.8) is 0 Å². The molecule has 1 N–H and O–H groups in total. The first kappa shape index (κ1) is 12.1. The van der Waals surface area contributed by atoms with Crippen molar-refractivity contribution < 1.29 is 0 Å². The van der Waals surface area contributed by atoms with Crippen LogP contribution in [0.25, 0.3) is 0 Å². The molecule has 5 heteroatoms. The molecule has 0 aliphatic carbocycles. The maximum atomic E-state index is 8.96. The molecule has 84 valence electrons. The molecule has 1 heterocycles. The molecule has 2 rings (SSSR count). The number of nitriles is 1. The molecule has 17 heavy (non-hydrogen) atoms. The fourth-order valence-electron chi connectivity index (χ4n) is 1.33. The highest BCUT2D eigenvalue weighted by atomic mass is 127. The zero-order valence-corrected chi connectivity index (χ0v) is 11.5. The van der Waals surface area contributed by atoms with E-state index in [-0.39, 0.29) is 0 Å². The van der Waals surface area contributed by atoms with Crippen LogP contribution in [0.5, 0.6) is 0 Å². The summed E-state index contributed by atoms with van der Waals surface area (Å²) in [6.07, 6.45) is 3.19. The minimum absolute atomic E-state index is 0.537. The van der Waals surface area contributed by atoms with Crippen molar-refractivity contribution in [3.8, 4) is 6.07 Å². The summed E-state index contributed by atoms with van der Waals surface area (Å²) in [5, 5.41) is 12.7. The van der Waals surface area contributed by atoms with Crippen LogP contribution in [0.2, 0.25) is 5.02 Å². The van der Waals surface area contributed by atoms with Gasteiger partial charge in [0.1, 0.15) is 6.07 Å². The van der Waals surface area contributed by atoms with E-state index in [1.807, 2.05) is 18.2 Å². The number of nitrogens with zero attached hydrogens (tertiary/aromatic N) is 2. The van der Waals surface area contributed by atoms with Crippen molar-refractivity contribution in [1.82, 2.24) is 4.98 Å². The zero-order valence-electron chi connectivity index (χ0n) is 8.61. The van der Waals surface area contributed by atoms with Crippen LogP contribution in [-0.4, -0.2) is 4.98 Å². The van der Waals surface area contributed by atoms with Gasteiger partial charge in [-0.05, 0) is 46.9 Å². The maximum absolute atomic E-state index is 8.96. The fraction of sp³-hybridized carbons (Fsp3) is 0. The van der Waals surface area contributed by atoms with Gasteiger partial charge in [0, 0.05) is 9.77 Å². The van der Waals surface area contributed by atoms with Gasteiger partial charge in [-0.2, -0.15) is 5.26 Å². The van der Waals surface area contributed by atoms with Gasteiger partial charge < -0.3 is 5.32 Å². The predicted octanol–water partition coefficient (Wildman–Crippen LogP) is 3.95. The molecule has 3 nitrogen and oxygen atoms in total. The van der Waals surface area contributed by atoms with Crippen LogP contribution in [0, 0.1) is 14.9 Å². The Kier molecular flexibility index (Phi) is 3.82. The van der Waals surface area contributed by atoms with Crippen molar-refractivity contribution in [2.24, 2.45) is 0 Å². The van der Waals surface area contributed by atoms with Crippen molar-refractivity contribution in [1.29, 1.82) is 5.26 Å². The van der Waals surface area contributed by atoms with Crippen molar-refractivity contribution in [2.75, 3.05) is 5.32 Å². The fourth-order valence-corrected chi connectivity index (χ4v) is 2.23. The van der Waals surface area contributed by atoms with Crippen LogP contribution in [0.4, 0.5) is 11.4 Å². The SMILES string of the molecule is N#Cc1ccncc1Nc1ccc(I)cc1Cl. The van der Waals surface area contributed by atoms with Crippen LogP contribution in [0.1, 0.15) is 5.56 Å². The first-order valence-corrected chi connectivity index (χ1v) is 6.22. The first-order chi connectivity index (χ1) is 8.20. The summed E-state index contributed by atoms with van der Waals surface area (Å²) < 4.78 is 1.06. The van der Waals surface area contributed by atoms with E-state index >= 15 is 0 Å². The highest BCUT2D eigenvalue weighted by Gasteiger charge is 2.05. The summed E-state index contributed by atoms with van der Waals surface area (Å²) >= 11 is 8.29. The van der Waals surface area contributed by atoms with E-state index in [2.05, 4.69) is 39.0 Å². The lowest BCUT2D eigenvalue weighted by Gasteiger charge is -2.09. The molecule has 0 amide bonds. The van der Waals surface area contributed by atoms with Crippen LogP contribution < -0.4 is 5.32 Å². The van der Waals surface area contributed by atoms with Crippen LogP contribution >= 0.6 is 34.2 Å². The van der Waals surface area contributed by atoms with Crippen LogP contribution in [-0.2, 0) is 0 Å². The molecule has 0 bridgehead atoms. The van der Waals surface area contributed by atoms with E-state index in [0.29, 0.717) is 16.3 Å². The standard InChI is InChI=1S/C12H7ClIN3/c13-10-5-9(14)1-2-11(10)17-12-7-16-4-3-8(12)6-15/h1-5,7,17H. The lowest BCUT2D eigenvalue weighted by atomic mass is 10.2. The van der Waals surface area contributed by atoms with Gasteiger partial charge in [-0.25, -0.2) is 0 Å². The zero-order chi connectivity index (χ0) is 12.3. The third-order valence-corrected chi connectivity index (χ3v) is 3.13. The second kappa shape index (κ2) is 5.34. The molecule has 0 atom stereocenters. The number of hydrogen-bond acceptors (Lipinski definition) is 3. The van der Waals surface area contributed by atoms with Crippen molar-refractivity contribution in [2.45, 2.75) is 0 Å². The number of benzene rings is 1. The van der Waals surface area contributed by atoms with Crippen molar-refractivity contribution >= 4 is 45.6 Å². The molecule has 0 saturated carbocycles. The molecule has 0 aliphatic heterocycles.